The Labute approximate surface area is 266 Å². The molecule has 6 heteroatoms. The first-order valence-corrected chi connectivity index (χ1v) is 14.3. The predicted molar refractivity (Wildman–Crippen MR) is 172 cm³/mol. The molecule has 7 rings (SSSR count). The van der Waals surface area contributed by atoms with Crippen LogP contribution in [0.2, 0.25) is 0 Å². The van der Waals surface area contributed by atoms with Crippen molar-refractivity contribution in [3.8, 4) is 22.5 Å². The van der Waals surface area contributed by atoms with Gasteiger partial charge in [-0.05, 0) is 77.2 Å². The Hall–Kier alpha value is -4.28. The predicted octanol–water partition coefficient (Wildman–Crippen LogP) is 8.80. The molecular weight excluding hydrogens is 617 g/mol. The van der Waals surface area contributed by atoms with Crippen LogP contribution in [-0.4, -0.2) is 24.1 Å². The Balaban J connectivity index is 0.000000238. The van der Waals surface area contributed by atoms with Crippen molar-refractivity contribution in [3.63, 3.8) is 0 Å². The van der Waals surface area contributed by atoms with Crippen LogP contribution in [0.4, 0.5) is 0 Å². The van der Waals surface area contributed by atoms with Crippen LogP contribution in [0.5, 0.6) is 0 Å². The van der Waals surface area contributed by atoms with E-state index in [1.807, 2.05) is 53.5 Å². The Morgan fingerprint density at radius 1 is 0.651 bits per heavy atom. The molecule has 0 N–H and O–H groups in total. The van der Waals surface area contributed by atoms with Gasteiger partial charge in [0, 0.05) is 44.9 Å². The molecular formula is C37H35N5Rh. The number of aromatic nitrogens is 5. The summed E-state index contributed by atoms with van der Waals surface area (Å²) in [7, 11) is 0. The molecule has 3 heterocycles. The number of nitrogens with zero attached hydrogens (tertiary/aromatic N) is 5. The molecule has 0 saturated carbocycles. The Morgan fingerprint density at radius 3 is 2.00 bits per heavy atom. The monoisotopic (exact) mass is 652 g/mol. The molecule has 4 aromatic carbocycles. The van der Waals surface area contributed by atoms with Crippen molar-refractivity contribution < 1.29 is 19.5 Å². The second-order valence-electron chi connectivity index (χ2n) is 11.7. The van der Waals surface area contributed by atoms with E-state index in [1.165, 1.54) is 27.4 Å². The summed E-state index contributed by atoms with van der Waals surface area (Å²) in [5.74, 6) is 0. The van der Waals surface area contributed by atoms with Gasteiger partial charge in [0.25, 0.3) is 0 Å². The number of fused-ring (bicyclic) bond motifs is 3. The van der Waals surface area contributed by atoms with Crippen molar-refractivity contribution in [2.75, 3.05) is 0 Å². The van der Waals surface area contributed by atoms with Crippen LogP contribution in [0, 0.1) is 32.9 Å². The number of aryl methyl sites for hydroxylation is 3. The van der Waals surface area contributed by atoms with Crippen LogP contribution in [-0.2, 0) is 25.0 Å². The van der Waals surface area contributed by atoms with Gasteiger partial charge in [-0.3, -0.25) is 9.36 Å². The molecule has 0 aliphatic rings. The summed E-state index contributed by atoms with van der Waals surface area (Å²) in [6.45, 7) is 12.9. The normalized spacial score (nSPS) is 11.3. The fraction of sp³-hybridized carbons (Fsp3) is 0.189. The van der Waals surface area contributed by atoms with Gasteiger partial charge in [0.15, 0.2) is 0 Å². The molecule has 43 heavy (non-hydrogen) atoms. The van der Waals surface area contributed by atoms with E-state index in [1.54, 1.807) is 6.20 Å². The molecule has 0 unspecified atom stereocenters. The largest absolute Gasteiger partial charge is 2.00 e. The third kappa shape index (κ3) is 5.98. The van der Waals surface area contributed by atoms with Crippen LogP contribution in [0.3, 0.4) is 0 Å². The molecule has 0 saturated heterocycles. The summed E-state index contributed by atoms with van der Waals surface area (Å²) in [5.41, 5.74) is 10.1. The first kappa shape index (κ1) is 30.2. The third-order valence-corrected chi connectivity index (χ3v) is 7.46. The summed E-state index contributed by atoms with van der Waals surface area (Å²) in [4.78, 5) is 0. The second kappa shape index (κ2) is 12.1. The quantitative estimate of drug-likeness (QED) is 0.141. The molecule has 3 aromatic heterocycles. The van der Waals surface area contributed by atoms with Crippen LogP contribution in [0.1, 0.15) is 37.9 Å². The molecule has 0 aliphatic heterocycles. The standard InChI is InChI=1S/C27H26N3.C10H9N2.Rh/c1-18-16-19(2)30(28-18)22-13-10-20(11-14-22)21-12-15-24-23-8-6-7-9-25(23)29(26(24)17-21)27(3,4)5;1-9-7-8-11-12(9)10-5-3-2-4-6-10;/h6-13,15-17H,1-5H3;2-5,7-8H,1H3;/q2*-1;+2. The minimum absolute atomic E-state index is 0. The van der Waals surface area contributed by atoms with Gasteiger partial charge in [-0.1, -0.05) is 35.9 Å². The van der Waals surface area contributed by atoms with Gasteiger partial charge in [0.05, 0.1) is 5.69 Å². The van der Waals surface area contributed by atoms with Crippen LogP contribution in [0.15, 0.2) is 103 Å². The van der Waals surface area contributed by atoms with Gasteiger partial charge in [-0.25, -0.2) is 0 Å². The average Bonchev–Trinajstić information content (AvgIpc) is 3.67. The summed E-state index contributed by atoms with van der Waals surface area (Å²) >= 11 is 0. The minimum Gasteiger partial charge on any atom is -0.335 e. The first-order valence-electron chi connectivity index (χ1n) is 14.3. The smallest absolute Gasteiger partial charge is 0.335 e. The Bertz CT molecular complexity index is 1990. The van der Waals surface area contributed by atoms with E-state index in [2.05, 4.69) is 121 Å². The van der Waals surface area contributed by atoms with Crippen LogP contribution < -0.4 is 0 Å². The van der Waals surface area contributed by atoms with Crippen molar-refractivity contribution in [1.29, 1.82) is 0 Å². The Morgan fingerprint density at radius 2 is 1.37 bits per heavy atom. The van der Waals surface area contributed by atoms with Crippen molar-refractivity contribution in [3.05, 3.63) is 132 Å². The number of benzene rings is 4. The molecule has 7 aromatic rings. The molecule has 1 radical (unpaired) electrons. The van der Waals surface area contributed by atoms with E-state index in [0.29, 0.717) is 0 Å². The summed E-state index contributed by atoms with van der Waals surface area (Å²) in [5, 5.41) is 11.3. The fourth-order valence-electron chi connectivity index (χ4n) is 5.61. The summed E-state index contributed by atoms with van der Waals surface area (Å²) in [6, 6.07) is 40.2. The van der Waals surface area contributed by atoms with E-state index < -0.39 is 0 Å². The molecule has 0 atom stereocenters. The zero-order chi connectivity index (χ0) is 29.4. The van der Waals surface area contributed by atoms with Gasteiger partial charge in [-0.15, -0.1) is 17.7 Å². The average molecular weight is 653 g/mol. The second-order valence-corrected chi connectivity index (χ2v) is 11.7. The first-order chi connectivity index (χ1) is 20.2. The number of para-hydroxylation sites is 2. The van der Waals surface area contributed by atoms with E-state index in [9.17, 15) is 0 Å². The molecule has 0 aliphatic carbocycles. The van der Waals surface area contributed by atoms with E-state index in [0.717, 1.165) is 34.0 Å². The molecule has 0 spiro atoms. The number of hydrogen-bond acceptors (Lipinski definition) is 2. The molecule has 0 amide bonds. The zero-order valence-electron chi connectivity index (χ0n) is 25.4. The van der Waals surface area contributed by atoms with E-state index in [4.69, 9.17) is 0 Å². The minimum atomic E-state index is -0.00849. The van der Waals surface area contributed by atoms with Crippen molar-refractivity contribution in [2.45, 2.75) is 47.1 Å². The maximum atomic E-state index is 4.57. The van der Waals surface area contributed by atoms with Gasteiger partial charge in [-0.2, -0.15) is 52.7 Å². The van der Waals surface area contributed by atoms with Gasteiger partial charge in [0.2, 0.25) is 0 Å². The molecule has 5 nitrogen and oxygen atoms in total. The topological polar surface area (TPSA) is 40.6 Å². The van der Waals surface area contributed by atoms with Crippen LogP contribution >= 0.6 is 0 Å². The van der Waals surface area contributed by atoms with Crippen LogP contribution in [0.25, 0.3) is 44.3 Å². The maximum absolute atomic E-state index is 4.57. The molecule has 0 bridgehead atoms. The Kier molecular flexibility index (Phi) is 8.53. The fourth-order valence-corrected chi connectivity index (χ4v) is 5.61. The number of hydrogen-bond donors (Lipinski definition) is 0. The third-order valence-electron chi connectivity index (χ3n) is 7.46. The number of rotatable bonds is 3. The van der Waals surface area contributed by atoms with Crippen molar-refractivity contribution in [2.24, 2.45) is 0 Å². The van der Waals surface area contributed by atoms with Crippen molar-refractivity contribution >= 4 is 21.8 Å². The van der Waals surface area contributed by atoms with Gasteiger partial charge in [0.1, 0.15) is 0 Å². The SMILES string of the molecule is Cc1cc(C)n(-c2[c-]cc(-c3ccc4c5ccccc5n(C(C)(C)C)c4c3)cc2)n1.Cc1ccnn1-c1[c-]cccc1.[Rh+2]. The summed E-state index contributed by atoms with van der Waals surface area (Å²) < 4.78 is 6.26. The summed E-state index contributed by atoms with van der Waals surface area (Å²) in [6.07, 6.45) is 1.79. The van der Waals surface area contributed by atoms with E-state index >= 15 is 0 Å². The van der Waals surface area contributed by atoms with Gasteiger partial charge >= 0.3 is 19.5 Å². The maximum Gasteiger partial charge on any atom is 2.00 e. The van der Waals surface area contributed by atoms with Gasteiger partial charge < -0.3 is 4.57 Å². The van der Waals surface area contributed by atoms with E-state index in [-0.39, 0.29) is 25.0 Å². The molecule has 0 fully saturated rings. The zero-order valence-corrected chi connectivity index (χ0v) is 27.0. The molecule has 217 valence electrons. The van der Waals surface area contributed by atoms with Crippen molar-refractivity contribution in [1.82, 2.24) is 24.1 Å².